The summed E-state index contributed by atoms with van der Waals surface area (Å²) in [5.41, 5.74) is -0.0915. The number of hydrogen-bond acceptors (Lipinski definition) is 6. The van der Waals surface area contributed by atoms with Crippen molar-refractivity contribution in [2.24, 2.45) is 0 Å². The minimum absolute atomic E-state index is 0.0399. The quantitative estimate of drug-likeness (QED) is 0.808. The fourth-order valence-electron chi connectivity index (χ4n) is 4.06. The first-order valence-electron chi connectivity index (χ1n) is 9.71. The minimum Gasteiger partial charge on any atom is -0.485 e. The Morgan fingerprint density at radius 1 is 1.17 bits per heavy atom. The third kappa shape index (κ3) is 3.24. The molecule has 2 aliphatic rings. The molecular formula is C22H22N2O5S. The van der Waals surface area contributed by atoms with E-state index < -0.39 is 27.6 Å². The van der Waals surface area contributed by atoms with Crippen LogP contribution in [0.1, 0.15) is 43.9 Å². The molecule has 2 atom stereocenters. The molecule has 1 fully saturated rings. The maximum atomic E-state index is 13.2. The van der Waals surface area contributed by atoms with Crippen molar-refractivity contribution < 1.29 is 23.1 Å². The summed E-state index contributed by atoms with van der Waals surface area (Å²) in [6, 6.07) is 11.5. The average molecular weight is 426 g/mol. The van der Waals surface area contributed by atoms with Crippen LogP contribution in [0.15, 0.2) is 52.3 Å². The number of rotatable bonds is 3. The molecule has 1 amide bonds. The van der Waals surface area contributed by atoms with Gasteiger partial charge in [-0.1, -0.05) is 0 Å². The summed E-state index contributed by atoms with van der Waals surface area (Å²) < 4.78 is 32.2. The fraction of sp³-hybridized carbons (Fsp3) is 0.364. The number of nitriles is 1. The number of aliphatic hydroxyl groups excluding tert-OH is 1. The topological polar surface area (TPSA) is 108 Å². The molecule has 2 aromatic carbocycles. The van der Waals surface area contributed by atoms with Crippen LogP contribution in [0.4, 0.5) is 0 Å². The maximum Gasteiger partial charge on any atom is 0.223 e. The van der Waals surface area contributed by atoms with E-state index in [1.807, 2.05) is 6.07 Å². The van der Waals surface area contributed by atoms with Crippen LogP contribution in [0.3, 0.4) is 0 Å². The monoisotopic (exact) mass is 426 g/mol. The fourth-order valence-corrected chi connectivity index (χ4v) is 5.35. The second-order valence-electron chi connectivity index (χ2n) is 8.13. The van der Waals surface area contributed by atoms with Gasteiger partial charge in [0.25, 0.3) is 0 Å². The number of aliphatic hydroxyl groups is 1. The highest BCUT2D eigenvalue weighted by molar-refractivity contribution is 7.91. The van der Waals surface area contributed by atoms with E-state index in [1.165, 1.54) is 36.4 Å². The van der Waals surface area contributed by atoms with Gasteiger partial charge in [-0.05, 0) is 62.7 Å². The van der Waals surface area contributed by atoms with E-state index in [4.69, 9.17) is 10.00 Å². The zero-order valence-electron chi connectivity index (χ0n) is 16.7. The molecule has 0 aromatic heterocycles. The summed E-state index contributed by atoms with van der Waals surface area (Å²) in [4.78, 5) is 14.2. The highest BCUT2D eigenvalue weighted by Crippen LogP contribution is 2.45. The highest BCUT2D eigenvalue weighted by atomic mass is 32.2. The lowest BCUT2D eigenvalue weighted by Gasteiger charge is -2.45. The van der Waals surface area contributed by atoms with Gasteiger partial charge in [-0.15, -0.1) is 0 Å². The molecule has 1 saturated heterocycles. The Labute approximate surface area is 175 Å². The van der Waals surface area contributed by atoms with Gasteiger partial charge in [0.2, 0.25) is 15.7 Å². The Morgan fingerprint density at radius 3 is 2.43 bits per heavy atom. The minimum atomic E-state index is -3.85. The first kappa shape index (κ1) is 20.4. The summed E-state index contributed by atoms with van der Waals surface area (Å²) in [5, 5.41) is 19.9. The van der Waals surface area contributed by atoms with Gasteiger partial charge in [0.05, 0.1) is 27.5 Å². The molecule has 156 valence electrons. The Kier molecular flexibility index (Phi) is 4.83. The number of fused-ring (bicyclic) bond motifs is 1. The lowest BCUT2D eigenvalue weighted by atomic mass is 9.85. The molecule has 4 rings (SSSR count). The van der Waals surface area contributed by atoms with Gasteiger partial charge in [0.15, 0.2) is 0 Å². The first-order valence-corrected chi connectivity index (χ1v) is 11.2. The van der Waals surface area contributed by atoms with Crippen LogP contribution in [0.2, 0.25) is 0 Å². The lowest BCUT2D eigenvalue weighted by molar-refractivity contribution is -0.139. The Balaban J connectivity index is 1.82. The van der Waals surface area contributed by atoms with Crippen LogP contribution in [0.25, 0.3) is 0 Å². The number of ether oxygens (including phenoxy) is 1. The summed E-state index contributed by atoms with van der Waals surface area (Å²) in [6.07, 6.45) is 0.0882. The van der Waals surface area contributed by atoms with E-state index in [0.29, 0.717) is 36.3 Å². The van der Waals surface area contributed by atoms with Crippen molar-refractivity contribution in [1.82, 2.24) is 4.90 Å². The molecule has 8 heteroatoms. The number of hydrogen-bond donors (Lipinski definition) is 1. The predicted octanol–water partition coefficient (Wildman–Crippen LogP) is 2.59. The first-order chi connectivity index (χ1) is 14.1. The zero-order valence-corrected chi connectivity index (χ0v) is 17.5. The van der Waals surface area contributed by atoms with Gasteiger partial charge in [0, 0.05) is 18.5 Å². The normalized spacial score (nSPS) is 22.9. The van der Waals surface area contributed by atoms with Crippen LogP contribution in [-0.4, -0.2) is 42.6 Å². The molecule has 2 heterocycles. The van der Waals surface area contributed by atoms with Crippen molar-refractivity contribution in [3.8, 4) is 11.8 Å². The standard InChI is InChI=1S/C22H22N2O5S/c1-22(2)21(26)20(24-11-3-4-19(24)25)17-12-16(9-10-18(17)29-22)30(27,28)15-7-5-14(13-23)6-8-15/h5-10,12,20-21,26H,3-4,11H2,1-2H3. The van der Waals surface area contributed by atoms with Crippen LogP contribution >= 0.6 is 0 Å². The van der Waals surface area contributed by atoms with E-state index in [2.05, 4.69) is 0 Å². The van der Waals surface area contributed by atoms with Crippen molar-refractivity contribution in [2.75, 3.05) is 6.54 Å². The second kappa shape index (κ2) is 7.11. The lowest BCUT2D eigenvalue weighted by Crippen LogP contribution is -2.53. The van der Waals surface area contributed by atoms with Gasteiger partial charge < -0.3 is 14.7 Å². The summed E-state index contributed by atoms with van der Waals surface area (Å²) in [6.45, 7) is 3.99. The van der Waals surface area contributed by atoms with E-state index in [-0.39, 0.29) is 15.7 Å². The second-order valence-corrected chi connectivity index (χ2v) is 10.1. The summed E-state index contributed by atoms with van der Waals surface area (Å²) in [7, 11) is -3.85. The average Bonchev–Trinajstić information content (AvgIpc) is 3.14. The molecular weight excluding hydrogens is 404 g/mol. The van der Waals surface area contributed by atoms with Gasteiger partial charge >= 0.3 is 0 Å². The molecule has 7 nitrogen and oxygen atoms in total. The smallest absolute Gasteiger partial charge is 0.223 e. The molecule has 0 aliphatic carbocycles. The molecule has 0 saturated carbocycles. The molecule has 2 aromatic rings. The van der Waals surface area contributed by atoms with Crippen LogP contribution < -0.4 is 4.74 Å². The molecule has 30 heavy (non-hydrogen) atoms. The SMILES string of the molecule is CC1(C)Oc2ccc(S(=O)(=O)c3ccc(C#N)cc3)cc2C(N2CCCC2=O)C1O. The molecule has 2 aliphatic heterocycles. The maximum absolute atomic E-state index is 13.2. The predicted molar refractivity (Wildman–Crippen MR) is 107 cm³/mol. The Bertz CT molecular complexity index is 1150. The molecule has 0 bridgehead atoms. The van der Waals surface area contributed by atoms with E-state index in [0.717, 1.165) is 0 Å². The number of carbonyl (C=O) groups is 1. The summed E-state index contributed by atoms with van der Waals surface area (Å²) >= 11 is 0. The Hall–Kier alpha value is -2.89. The number of sulfone groups is 1. The molecule has 0 spiro atoms. The third-order valence-electron chi connectivity index (χ3n) is 5.73. The number of amides is 1. The van der Waals surface area contributed by atoms with Crippen molar-refractivity contribution in [1.29, 1.82) is 5.26 Å². The van der Waals surface area contributed by atoms with Gasteiger partial charge in [-0.2, -0.15) is 5.26 Å². The molecule has 1 N–H and O–H groups in total. The summed E-state index contributed by atoms with van der Waals surface area (Å²) in [5.74, 6) is 0.386. The van der Waals surface area contributed by atoms with Gasteiger partial charge in [-0.25, -0.2) is 8.42 Å². The third-order valence-corrected chi connectivity index (χ3v) is 7.50. The van der Waals surface area contributed by atoms with Gasteiger partial charge in [-0.3, -0.25) is 4.79 Å². The number of nitrogens with zero attached hydrogens (tertiary/aromatic N) is 2. The Morgan fingerprint density at radius 2 is 1.83 bits per heavy atom. The van der Waals surface area contributed by atoms with Crippen molar-refractivity contribution in [3.63, 3.8) is 0 Å². The van der Waals surface area contributed by atoms with E-state index in [1.54, 1.807) is 24.8 Å². The van der Waals surface area contributed by atoms with E-state index >= 15 is 0 Å². The van der Waals surface area contributed by atoms with Crippen molar-refractivity contribution >= 4 is 15.7 Å². The van der Waals surface area contributed by atoms with Crippen LogP contribution in [-0.2, 0) is 14.6 Å². The number of likely N-dealkylation sites (tertiary alicyclic amines) is 1. The van der Waals surface area contributed by atoms with E-state index in [9.17, 15) is 18.3 Å². The van der Waals surface area contributed by atoms with Crippen molar-refractivity contribution in [2.45, 2.75) is 54.2 Å². The van der Waals surface area contributed by atoms with Crippen LogP contribution in [0.5, 0.6) is 5.75 Å². The largest absolute Gasteiger partial charge is 0.485 e. The highest BCUT2D eigenvalue weighted by Gasteiger charge is 2.47. The number of carbonyl (C=O) groups excluding carboxylic acids is 1. The molecule has 0 radical (unpaired) electrons. The van der Waals surface area contributed by atoms with Crippen LogP contribution in [0, 0.1) is 11.3 Å². The van der Waals surface area contributed by atoms with Crippen molar-refractivity contribution in [3.05, 3.63) is 53.6 Å². The van der Waals surface area contributed by atoms with Gasteiger partial charge in [0.1, 0.15) is 17.5 Å². The number of benzene rings is 2. The molecule has 2 unspecified atom stereocenters. The zero-order chi connectivity index (χ0) is 21.7.